The van der Waals surface area contributed by atoms with Gasteiger partial charge in [-0.05, 0) is 62.2 Å². The molecule has 0 radical (unpaired) electrons. The molecule has 0 spiro atoms. The second-order valence-electron chi connectivity index (χ2n) is 8.66. The fraction of sp³-hybridized carbons (Fsp3) is 0.267. The fourth-order valence-corrected chi connectivity index (χ4v) is 4.25. The van der Waals surface area contributed by atoms with Gasteiger partial charge in [0.05, 0.1) is 24.8 Å². The van der Waals surface area contributed by atoms with Crippen LogP contribution < -0.4 is 14.8 Å². The summed E-state index contributed by atoms with van der Waals surface area (Å²) in [4.78, 5) is 17.4. The zero-order valence-corrected chi connectivity index (χ0v) is 21.2. The van der Waals surface area contributed by atoms with Crippen LogP contribution >= 0.6 is 0 Å². The maximum atomic E-state index is 12.5. The van der Waals surface area contributed by atoms with Gasteiger partial charge in [0.15, 0.2) is 11.5 Å². The van der Waals surface area contributed by atoms with Crippen LogP contribution in [-0.2, 0) is 13.0 Å². The molecule has 0 aliphatic heterocycles. The molecule has 0 aliphatic carbocycles. The highest BCUT2D eigenvalue weighted by Crippen LogP contribution is 2.29. The number of hydrogen-bond donors (Lipinski definition) is 1. The lowest BCUT2D eigenvalue weighted by Crippen LogP contribution is -2.26. The van der Waals surface area contributed by atoms with E-state index in [2.05, 4.69) is 16.0 Å². The summed E-state index contributed by atoms with van der Waals surface area (Å²) in [5, 5.41) is 3.03. The number of amides is 1. The number of carbonyl (C=O) groups excluding carboxylic acids is 1. The molecule has 6 nitrogen and oxygen atoms in total. The van der Waals surface area contributed by atoms with Crippen LogP contribution in [-0.4, -0.2) is 35.7 Å². The third kappa shape index (κ3) is 6.13. The number of benzene rings is 3. The van der Waals surface area contributed by atoms with Crippen LogP contribution in [0.1, 0.15) is 40.7 Å². The number of fused-ring (bicyclic) bond motifs is 1. The summed E-state index contributed by atoms with van der Waals surface area (Å²) < 4.78 is 13.8. The first kappa shape index (κ1) is 25.0. The van der Waals surface area contributed by atoms with Gasteiger partial charge in [0.1, 0.15) is 5.82 Å². The van der Waals surface area contributed by atoms with Gasteiger partial charge in [0, 0.05) is 25.1 Å². The smallest absolute Gasteiger partial charge is 0.251 e. The van der Waals surface area contributed by atoms with Crippen molar-refractivity contribution in [3.63, 3.8) is 0 Å². The third-order valence-corrected chi connectivity index (χ3v) is 5.98. The van der Waals surface area contributed by atoms with E-state index in [1.165, 1.54) is 0 Å². The van der Waals surface area contributed by atoms with Gasteiger partial charge in [0.2, 0.25) is 0 Å². The molecule has 0 atom stereocenters. The van der Waals surface area contributed by atoms with Crippen LogP contribution in [0, 0.1) is 6.92 Å². The molecular formula is C30H33N3O3. The average Bonchev–Trinajstić information content (AvgIpc) is 3.24. The number of nitrogens with one attached hydrogen (secondary N) is 1. The van der Waals surface area contributed by atoms with Crippen LogP contribution in [0.25, 0.3) is 17.1 Å². The van der Waals surface area contributed by atoms with Gasteiger partial charge in [-0.15, -0.1) is 0 Å². The SMILES string of the molecule is C/C=C/c1ccc(OCCCn2c(CCNC(=O)c3cccc(C)c3)nc3ccccc32)c(OC)c1. The van der Waals surface area contributed by atoms with Crippen LogP contribution in [0.5, 0.6) is 11.5 Å². The first-order chi connectivity index (χ1) is 17.6. The van der Waals surface area contributed by atoms with Crippen LogP contribution in [0.2, 0.25) is 0 Å². The van der Waals surface area contributed by atoms with Gasteiger partial charge < -0.3 is 19.4 Å². The lowest BCUT2D eigenvalue weighted by molar-refractivity contribution is 0.0954. The van der Waals surface area contributed by atoms with Gasteiger partial charge in [-0.25, -0.2) is 4.98 Å². The lowest BCUT2D eigenvalue weighted by atomic mass is 10.1. The minimum atomic E-state index is -0.0656. The predicted molar refractivity (Wildman–Crippen MR) is 145 cm³/mol. The molecule has 0 saturated heterocycles. The van der Waals surface area contributed by atoms with E-state index in [1.54, 1.807) is 7.11 Å². The topological polar surface area (TPSA) is 65.4 Å². The van der Waals surface area contributed by atoms with E-state index in [1.807, 2.05) is 86.7 Å². The summed E-state index contributed by atoms with van der Waals surface area (Å²) in [7, 11) is 1.66. The second kappa shape index (κ2) is 12.1. The molecule has 4 aromatic rings. The van der Waals surface area contributed by atoms with Gasteiger partial charge in [-0.3, -0.25) is 4.79 Å². The van der Waals surface area contributed by atoms with E-state index >= 15 is 0 Å². The number of methoxy groups -OCH3 is 1. The van der Waals surface area contributed by atoms with E-state index < -0.39 is 0 Å². The molecule has 1 aromatic heterocycles. The standard InChI is InChI=1S/C30H33N3O3/c1-4-9-23-14-15-27(28(21-23)35-3)36-19-8-18-33-26-13-6-5-12-25(26)32-29(33)16-17-31-30(34)24-11-7-10-22(2)20-24/h4-7,9-15,20-21H,8,16-19H2,1-3H3,(H,31,34)/b9-4+. The van der Waals surface area contributed by atoms with Gasteiger partial charge in [-0.2, -0.15) is 0 Å². The van der Waals surface area contributed by atoms with Crippen molar-refractivity contribution in [2.24, 2.45) is 0 Å². The molecule has 4 rings (SSSR count). The Bertz CT molecular complexity index is 1360. The van der Waals surface area contributed by atoms with Crippen LogP contribution in [0.15, 0.2) is 72.8 Å². The van der Waals surface area contributed by atoms with E-state index in [0.29, 0.717) is 25.1 Å². The van der Waals surface area contributed by atoms with E-state index in [0.717, 1.165) is 52.4 Å². The fourth-order valence-electron chi connectivity index (χ4n) is 4.25. The van der Waals surface area contributed by atoms with Crippen LogP contribution in [0.3, 0.4) is 0 Å². The number of aryl methyl sites for hydroxylation is 2. The molecule has 0 fully saturated rings. The Kier molecular flexibility index (Phi) is 8.40. The molecule has 1 N–H and O–H groups in total. The number of nitrogens with zero attached hydrogens (tertiary/aromatic N) is 2. The Morgan fingerprint density at radius 2 is 1.92 bits per heavy atom. The number of rotatable bonds is 11. The third-order valence-electron chi connectivity index (χ3n) is 5.98. The number of para-hydroxylation sites is 2. The zero-order valence-electron chi connectivity index (χ0n) is 21.2. The number of imidazole rings is 1. The zero-order chi connectivity index (χ0) is 25.3. The summed E-state index contributed by atoms with van der Waals surface area (Å²) in [5.74, 6) is 2.35. The van der Waals surface area contributed by atoms with Crippen molar-refractivity contribution in [3.05, 3.63) is 95.3 Å². The Morgan fingerprint density at radius 3 is 2.72 bits per heavy atom. The minimum Gasteiger partial charge on any atom is -0.493 e. The average molecular weight is 484 g/mol. The molecule has 0 unspecified atom stereocenters. The first-order valence-corrected chi connectivity index (χ1v) is 12.3. The van der Waals surface area contributed by atoms with Crippen molar-refractivity contribution in [3.8, 4) is 11.5 Å². The molecule has 0 saturated carbocycles. The summed E-state index contributed by atoms with van der Waals surface area (Å²) >= 11 is 0. The quantitative estimate of drug-likeness (QED) is 0.273. The largest absolute Gasteiger partial charge is 0.493 e. The molecule has 1 amide bonds. The van der Waals surface area contributed by atoms with Crippen molar-refractivity contribution in [2.75, 3.05) is 20.3 Å². The van der Waals surface area contributed by atoms with Gasteiger partial charge >= 0.3 is 0 Å². The maximum absolute atomic E-state index is 12.5. The number of allylic oxidation sites excluding steroid dienone is 1. The van der Waals surface area contributed by atoms with Crippen molar-refractivity contribution in [1.82, 2.24) is 14.9 Å². The highest BCUT2D eigenvalue weighted by molar-refractivity contribution is 5.94. The number of ether oxygens (including phenoxy) is 2. The lowest BCUT2D eigenvalue weighted by Gasteiger charge is -2.13. The van der Waals surface area contributed by atoms with Gasteiger partial charge in [-0.1, -0.05) is 48.0 Å². The first-order valence-electron chi connectivity index (χ1n) is 12.3. The molecule has 0 aliphatic rings. The molecule has 6 heteroatoms. The van der Waals surface area contributed by atoms with Crippen molar-refractivity contribution >= 4 is 23.0 Å². The van der Waals surface area contributed by atoms with Gasteiger partial charge in [0.25, 0.3) is 5.91 Å². The highest BCUT2D eigenvalue weighted by Gasteiger charge is 2.12. The maximum Gasteiger partial charge on any atom is 0.251 e. The second-order valence-corrected chi connectivity index (χ2v) is 8.66. The Morgan fingerprint density at radius 1 is 1.06 bits per heavy atom. The summed E-state index contributed by atoms with van der Waals surface area (Å²) in [6.07, 6.45) is 5.48. The predicted octanol–water partition coefficient (Wildman–Crippen LogP) is 5.83. The molecule has 186 valence electrons. The molecular weight excluding hydrogens is 450 g/mol. The molecule has 3 aromatic carbocycles. The molecule has 36 heavy (non-hydrogen) atoms. The Labute approximate surface area is 212 Å². The molecule has 0 bridgehead atoms. The number of carbonyl (C=O) groups is 1. The monoisotopic (exact) mass is 483 g/mol. The van der Waals surface area contributed by atoms with Crippen molar-refractivity contribution < 1.29 is 14.3 Å². The van der Waals surface area contributed by atoms with E-state index in [9.17, 15) is 4.79 Å². The van der Waals surface area contributed by atoms with Crippen molar-refractivity contribution in [1.29, 1.82) is 0 Å². The Hall–Kier alpha value is -4.06. The van der Waals surface area contributed by atoms with Crippen molar-refractivity contribution in [2.45, 2.75) is 33.2 Å². The summed E-state index contributed by atoms with van der Waals surface area (Å²) in [5.41, 5.74) is 4.86. The highest BCUT2D eigenvalue weighted by atomic mass is 16.5. The normalized spacial score (nSPS) is 11.2. The van der Waals surface area contributed by atoms with Crippen LogP contribution in [0.4, 0.5) is 0 Å². The minimum absolute atomic E-state index is 0.0656. The Balaban J connectivity index is 1.38. The number of hydrogen-bond acceptors (Lipinski definition) is 4. The summed E-state index contributed by atoms with van der Waals surface area (Å²) in [6.45, 7) is 5.80. The van der Waals surface area contributed by atoms with E-state index in [-0.39, 0.29) is 5.91 Å². The molecule has 1 heterocycles. The van der Waals surface area contributed by atoms with E-state index in [4.69, 9.17) is 14.5 Å². The summed E-state index contributed by atoms with van der Waals surface area (Å²) in [6, 6.07) is 21.7. The number of aromatic nitrogens is 2.